The molecule has 0 radical (unpaired) electrons. The Morgan fingerprint density at radius 3 is 2.33 bits per heavy atom. The van der Waals surface area contributed by atoms with Gasteiger partial charge in [-0.2, -0.15) is 9.78 Å². The van der Waals surface area contributed by atoms with Gasteiger partial charge in [0, 0.05) is 5.39 Å². The van der Waals surface area contributed by atoms with Crippen molar-refractivity contribution in [3.63, 3.8) is 0 Å². The highest BCUT2D eigenvalue weighted by Crippen LogP contribution is 2.26. The standard InChI is InChI=1S/C26H21N5O5/c1-3-36-26(35)19-14-27-31(21-13-12-16-8-4-7-11-20(16)28-21)22(19)29-23(32)15(2)30-24(33)17-9-5-6-10-18(17)25(30)34/h4-15H,3H2,1-2H3,(H,29,32). The number of para-hydroxylation sites is 1. The number of nitrogens with zero attached hydrogens (tertiary/aromatic N) is 4. The monoisotopic (exact) mass is 483 g/mol. The Labute approximate surface area is 205 Å². The van der Waals surface area contributed by atoms with Crippen LogP contribution >= 0.6 is 0 Å². The molecule has 0 aliphatic carbocycles. The van der Waals surface area contributed by atoms with Crippen LogP contribution in [0.25, 0.3) is 16.7 Å². The zero-order chi connectivity index (χ0) is 25.4. The Bertz CT molecular complexity index is 1510. The molecular weight excluding hydrogens is 462 g/mol. The van der Waals surface area contributed by atoms with Gasteiger partial charge in [-0.15, -0.1) is 0 Å². The predicted molar refractivity (Wildman–Crippen MR) is 130 cm³/mol. The number of hydrogen-bond acceptors (Lipinski definition) is 7. The normalized spacial score (nSPS) is 13.6. The molecule has 2 aromatic heterocycles. The van der Waals surface area contributed by atoms with Crippen molar-refractivity contribution in [3.8, 4) is 5.82 Å². The molecule has 5 rings (SSSR count). The summed E-state index contributed by atoms with van der Waals surface area (Å²) in [6.07, 6.45) is 1.27. The third-order valence-corrected chi connectivity index (χ3v) is 5.90. The fraction of sp³-hybridized carbons (Fsp3) is 0.154. The molecule has 1 unspecified atom stereocenters. The maximum absolute atomic E-state index is 13.3. The van der Waals surface area contributed by atoms with Crippen molar-refractivity contribution in [3.05, 3.63) is 83.6 Å². The molecule has 1 aliphatic rings. The number of carbonyl (C=O) groups is 4. The lowest BCUT2D eigenvalue weighted by Crippen LogP contribution is -2.45. The van der Waals surface area contributed by atoms with Crippen LogP contribution in [0.15, 0.2) is 66.9 Å². The van der Waals surface area contributed by atoms with E-state index in [2.05, 4.69) is 15.4 Å². The van der Waals surface area contributed by atoms with E-state index in [1.165, 1.54) is 17.8 Å². The highest BCUT2D eigenvalue weighted by molar-refractivity contribution is 6.23. The van der Waals surface area contributed by atoms with Gasteiger partial charge in [-0.05, 0) is 44.2 Å². The van der Waals surface area contributed by atoms with Gasteiger partial charge in [0.25, 0.3) is 11.8 Å². The van der Waals surface area contributed by atoms with Gasteiger partial charge in [0.05, 0.1) is 29.4 Å². The van der Waals surface area contributed by atoms with Crippen molar-refractivity contribution in [2.24, 2.45) is 0 Å². The molecule has 3 heterocycles. The van der Waals surface area contributed by atoms with Crippen LogP contribution in [0.4, 0.5) is 5.82 Å². The van der Waals surface area contributed by atoms with E-state index in [0.717, 1.165) is 10.3 Å². The molecule has 3 amide bonds. The van der Waals surface area contributed by atoms with E-state index < -0.39 is 29.7 Å². The molecule has 0 spiro atoms. The predicted octanol–water partition coefficient (Wildman–Crippen LogP) is 3.22. The number of esters is 1. The van der Waals surface area contributed by atoms with E-state index in [-0.39, 0.29) is 29.1 Å². The number of hydrogen-bond donors (Lipinski definition) is 1. The van der Waals surface area contributed by atoms with Gasteiger partial charge in [0.2, 0.25) is 5.91 Å². The molecule has 0 saturated heterocycles. The number of fused-ring (bicyclic) bond motifs is 2. The van der Waals surface area contributed by atoms with E-state index in [1.807, 2.05) is 30.3 Å². The van der Waals surface area contributed by atoms with Gasteiger partial charge in [-0.25, -0.2) is 9.78 Å². The summed E-state index contributed by atoms with van der Waals surface area (Å²) in [4.78, 5) is 57.1. The van der Waals surface area contributed by atoms with Gasteiger partial charge >= 0.3 is 5.97 Å². The minimum atomic E-state index is -1.17. The van der Waals surface area contributed by atoms with E-state index in [4.69, 9.17) is 4.74 Å². The number of pyridine rings is 1. The molecule has 0 bridgehead atoms. The van der Waals surface area contributed by atoms with Gasteiger partial charge in [-0.1, -0.05) is 30.3 Å². The van der Waals surface area contributed by atoms with Crippen molar-refractivity contribution in [1.82, 2.24) is 19.7 Å². The van der Waals surface area contributed by atoms with Crippen LogP contribution in [0, 0.1) is 0 Å². The summed E-state index contributed by atoms with van der Waals surface area (Å²) in [5.74, 6) is -2.12. The summed E-state index contributed by atoms with van der Waals surface area (Å²) in [5.41, 5.74) is 1.18. The molecule has 10 heteroatoms. The van der Waals surface area contributed by atoms with Crippen molar-refractivity contribution in [1.29, 1.82) is 0 Å². The summed E-state index contributed by atoms with van der Waals surface area (Å²) in [7, 11) is 0. The first-order valence-electron chi connectivity index (χ1n) is 11.3. The van der Waals surface area contributed by atoms with E-state index in [0.29, 0.717) is 11.3 Å². The molecule has 2 aromatic carbocycles. The highest BCUT2D eigenvalue weighted by atomic mass is 16.5. The second-order valence-corrected chi connectivity index (χ2v) is 8.09. The van der Waals surface area contributed by atoms with Crippen LogP contribution in [0.5, 0.6) is 0 Å². The first-order valence-corrected chi connectivity index (χ1v) is 11.3. The number of amides is 3. The van der Waals surface area contributed by atoms with Crippen molar-refractivity contribution >= 4 is 40.4 Å². The summed E-state index contributed by atoms with van der Waals surface area (Å²) < 4.78 is 6.43. The molecule has 180 valence electrons. The number of imide groups is 1. The van der Waals surface area contributed by atoms with Crippen LogP contribution in [0.1, 0.15) is 44.9 Å². The maximum atomic E-state index is 13.3. The van der Waals surface area contributed by atoms with Crippen LogP contribution in [-0.4, -0.2) is 56.0 Å². The second kappa shape index (κ2) is 9.06. The fourth-order valence-electron chi connectivity index (χ4n) is 4.07. The van der Waals surface area contributed by atoms with Crippen LogP contribution in [0.3, 0.4) is 0 Å². The van der Waals surface area contributed by atoms with E-state index in [1.54, 1.807) is 37.3 Å². The van der Waals surface area contributed by atoms with Gasteiger partial charge in [-0.3, -0.25) is 19.3 Å². The third-order valence-electron chi connectivity index (χ3n) is 5.90. The Balaban J connectivity index is 1.50. The van der Waals surface area contributed by atoms with Gasteiger partial charge in [0.1, 0.15) is 11.6 Å². The molecule has 0 saturated carbocycles. The number of benzene rings is 2. The zero-order valence-corrected chi connectivity index (χ0v) is 19.5. The molecule has 10 nitrogen and oxygen atoms in total. The lowest BCUT2D eigenvalue weighted by molar-refractivity contribution is -0.119. The summed E-state index contributed by atoms with van der Waals surface area (Å²) in [6, 6.07) is 16.2. The average molecular weight is 483 g/mol. The summed E-state index contributed by atoms with van der Waals surface area (Å²) in [6.45, 7) is 3.23. The Kier molecular flexibility index (Phi) is 5.77. The molecule has 36 heavy (non-hydrogen) atoms. The third kappa shape index (κ3) is 3.78. The van der Waals surface area contributed by atoms with Crippen LogP contribution < -0.4 is 5.32 Å². The number of anilines is 1. The molecule has 1 aliphatic heterocycles. The number of nitrogens with one attached hydrogen (secondary N) is 1. The molecule has 1 atom stereocenters. The van der Waals surface area contributed by atoms with Gasteiger partial charge in [0.15, 0.2) is 11.6 Å². The van der Waals surface area contributed by atoms with E-state index >= 15 is 0 Å². The lowest BCUT2D eigenvalue weighted by Gasteiger charge is -2.22. The van der Waals surface area contributed by atoms with Crippen molar-refractivity contribution in [2.75, 3.05) is 11.9 Å². The highest BCUT2D eigenvalue weighted by Gasteiger charge is 2.41. The first kappa shape index (κ1) is 22.9. The Hall–Kier alpha value is -4.86. The minimum Gasteiger partial charge on any atom is -0.462 e. The van der Waals surface area contributed by atoms with Crippen LogP contribution in [0.2, 0.25) is 0 Å². The number of ether oxygens (including phenoxy) is 1. The van der Waals surface area contributed by atoms with Gasteiger partial charge < -0.3 is 10.1 Å². The Morgan fingerprint density at radius 2 is 1.64 bits per heavy atom. The minimum absolute atomic E-state index is 0.00900. The number of aromatic nitrogens is 3. The molecule has 1 N–H and O–H groups in total. The molecule has 4 aromatic rings. The molecule has 0 fully saturated rings. The second-order valence-electron chi connectivity index (χ2n) is 8.09. The lowest BCUT2D eigenvalue weighted by atomic mass is 10.1. The average Bonchev–Trinajstić information content (AvgIpc) is 3.42. The number of carbonyl (C=O) groups excluding carboxylic acids is 4. The SMILES string of the molecule is CCOC(=O)c1cnn(-c2ccc3ccccc3n2)c1NC(=O)C(C)N1C(=O)c2ccccc2C1=O. The van der Waals surface area contributed by atoms with Crippen molar-refractivity contribution in [2.45, 2.75) is 19.9 Å². The van der Waals surface area contributed by atoms with Crippen molar-refractivity contribution < 1.29 is 23.9 Å². The maximum Gasteiger partial charge on any atom is 0.343 e. The Morgan fingerprint density at radius 1 is 0.972 bits per heavy atom. The number of rotatable bonds is 6. The summed E-state index contributed by atoms with van der Waals surface area (Å²) >= 11 is 0. The smallest absolute Gasteiger partial charge is 0.343 e. The topological polar surface area (TPSA) is 123 Å². The first-order chi connectivity index (χ1) is 17.4. The van der Waals surface area contributed by atoms with E-state index in [9.17, 15) is 19.2 Å². The fourth-order valence-corrected chi connectivity index (χ4v) is 4.07. The largest absolute Gasteiger partial charge is 0.462 e. The summed E-state index contributed by atoms with van der Waals surface area (Å²) in [5, 5.41) is 7.83. The zero-order valence-electron chi connectivity index (χ0n) is 19.5. The quantitative estimate of drug-likeness (QED) is 0.330. The van der Waals surface area contributed by atoms with Crippen LogP contribution in [-0.2, 0) is 9.53 Å². The molecular formula is C26H21N5O5.